The number of hydrogen-bond donors (Lipinski definition) is 0. The molecule has 0 aromatic rings. The van der Waals surface area contributed by atoms with Gasteiger partial charge in [0.15, 0.2) is 0 Å². The third-order valence-corrected chi connectivity index (χ3v) is 9.75. The van der Waals surface area contributed by atoms with Crippen molar-refractivity contribution in [3.63, 3.8) is 0 Å². The van der Waals surface area contributed by atoms with Crippen LogP contribution >= 0.6 is 0 Å². The van der Waals surface area contributed by atoms with Crippen molar-refractivity contribution in [3.8, 4) is 0 Å². The lowest BCUT2D eigenvalue weighted by atomic mass is 9.63. The van der Waals surface area contributed by atoms with E-state index in [9.17, 15) is 0 Å². The van der Waals surface area contributed by atoms with E-state index in [1.807, 2.05) is 0 Å². The summed E-state index contributed by atoms with van der Waals surface area (Å²) in [6, 6.07) is 0. The minimum absolute atomic E-state index is 0. The molecule has 0 amide bonds. The van der Waals surface area contributed by atoms with Gasteiger partial charge < -0.3 is 5.48 Å². The Morgan fingerprint density at radius 1 is 0.296 bits per heavy atom. The lowest BCUT2D eigenvalue weighted by Crippen LogP contribution is -2.31. The number of rotatable bonds is 3. The zero-order valence-corrected chi connectivity index (χ0v) is 18.4. The predicted octanol–water partition coefficient (Wildman–Crippen LogP) is 7.43. The van der Waals surface area contributed by atoms with Crippen LogP contribution in [-0.4, -0.2) is 5.48 Å². The van der Waals surface area contributed by atoms with Crippen LogP contribution in [0.3, 0.4) is 0 Å². The van der Waals surface area contributed by atoms with Gasteiger partial charge >= 0.3 is 0 Å². The van der Waals surface area contributed by atoms with Crippen LogP contribution in [-0.2, 0) is 0 Å². The first-order valence-electron chi connectivity index (χ1n) is 12.7. The zero-order chi connectivity index (χ0) is 17.9. The van der Waals surface area contributed by atoms with Crippen molar-refractivity contribution in [2.45, 2.75) is 117 Å². The van der Waals surface area contributed by atoms with Gasteiger partial charge in [-0.3, -0.25) is 0 Å². The first-order chi connectivity index (χ1) is 12.7. The van der Waals surface area contributed by atoms with Gasteiger partial charge in [0.2, 0.25) is 0 Å². The molecule has 2 N–H and O–H groups in total. The van der Waals surface area contributed by atoms with Crippen molar-refractivity contribution in [3.05, 3.63) is 0 Å². The summed E-state index contributed by atoms with van der Waals surface area (Å²) in [6.07, 6.45) is 25.0. The Bertz CT molecular complexity index is 360. The van der Waals surface area contributed by atoms with Crippen molar-refractivity contribution in [2.75, 3.05) is 0 Å². The first-order valence-corrected chi connectivity index (χ1v) is 12.7. The Hall–Kier alpha value is -0.0400. The van der Waals surface area contributed by atoms with Gasteiger partial charge in [-0.2, -0.15) is 0 Å². The highest BCUT2D eigenvalue weighted by molar-refractivity contribution is 4.87. The molecule has 0 unspecified atom stereocenters. The van der Waals surface area contributed by atoms with Crippen LogP contribution < -0.4 is 0 Å². The van der Waals surface area contributed by atoms with E-state index in [2.05, 4.69) is 13.8 Å². The average Bonchev–Trinajstić information content (AvgIpc) is 2.70. The zero-order valence-electron chi connectivity index (χ0n) is 18.4. The standard InChI is InChI=1S/C26H46.H2O/c1-19-3-7-21(8-4-19)23-11-15-25(16-12-23)26-17-13-24(14-18-26)22-9-5-20(2)6-10-22;/h19-26H,3-18H2,1-2H3;1H2. The summed E-state index contributed by atoms with van der Waals surface area (Å²) in [5.74, 6) is 8.70. The quantitative estimate of drug-likeness (QED) is 0.490. The van der Waals surface area contributed by atoms with Crippen LogP contribution in [0.4, 0.5) is 0 Å². The normalized spacial score (nSPS) is 46.4. The minimum Gasteiger partial charge on any atom is -0.412 e. The van der Waals surface area contributed by atoms with E-state index in [0.717, 1.165) is 47.3 Å². The molecule has 158 valence electrons. The van der Waals surface area contributed by atoms with Gasteiger partial charge in [-0.15, -0.1) is 0 Å². The second-order valence-electron chi connectivity index (χ2n) is 11.4. The lowest BCUT2D eigenvalue weighted by molar-refractivity contribution is 0.0876. The van der Waals surface area contributed by atoms with Crippen LogP contribution in [0.15, 0.2) is 0 Å². The predicted molar refractivity (Wildman–Crippen MR) is 117 cm³/mol. The smallest absolute Gasteiger partial charge is 0.0386 e. The summed E-state index contributed by atoms with van der Waals surface area (Å²) in [7, 11) is 0. The molecule has 0 radical (unpaired) electrons. The van der Waals surface area contributed by atoms with E-state index in [1.54, 1.807) is 77.0 Å². The van der Waals surface area contributed by atoms with Gasteiger partial charge in [-0.1, -0.05) is 39.5 Å². The highest BCUT2D eigenvalue weighted by Gasteiger charge is 2.36. The first kappa shape index (κ1) is 21.7. The summed E-state index contributed by atoms with van der Waals surface area (Å²) in [4.78, 5) is 0. The van der Waals surface area contributed by atoms with Crippen molar-refractivity contribution in [1.82, 2.24) is 0 Å². The molecular formula is C26H48O. The van der Waals surface area contributed by atoms with Crippen molar-refractivity contribution in [1.29, 1.82) is 0 Å². The summed E-state index contributed by atoms with van der Waals surface area (Å²) in [5, 5.41) is 0. The van der Waals surface area contributed by atoms with E-state index in [-0.39, 0.29) is 5.48 Å². The van der Waals surface area contributed by atoms with Gasteiger partial charge in [-0.25, -0.2) is 0 Å². The maximum Gasteiger partial charge on any atom is -0.0386 e. The van der Waals surface area contributed by atoms with E-state index >= 15 is 0 Å². The summed E-state index contributed by atoms with van der Waals surface area (Å²) in [5.41, 5.74) is 0. The van der Waals surface area contributed by atoms with Crippen LogP contribution in [0, 0.1) is 47.3 Å². The molecule has 4 aliphatic rings. The molecule has 4 fully saturated rings. The molecule has 0 aromatic carbocycles. The van der Waals surface area contributed by atoms with Gasteiger partial charge in [0, 0.05) is 0 Å². The maximum absolute atomic E-state index is 2.47. The van der Waals surface area contributed by atoms with E-state index in [4.69, 9.17) is 0 Å². The fraction of sp³-hybridized carbons (Fsp3) is 1.00. The average molecular weight is 377 g/mol. The highest BCUT2D eigenvalue weighted by Crippen LogP contribution is 2.48. The van der Waals surface area contributed by atoms with E-state index in [0.29, 0.717) is 0 Å². The van der Waals surface area contributed by atoms with E-state index < -0.39 is 0 Å². The third-order valence-electron chi connectivity index (χ3n) is 9.75. The molecule has 1 heteroatoms. The topological polar surface area (TPSA) is 31.5 Å². The van der Waals surface area contributed by atoms with Crippen molar-refractivity contribution >= 4 is 0 Å². The molecule has 4 saturated carbocycles. The van der Waals surface area contributed by atoms with Gasteiger partial charge in [0.25, 0.3) is 0 Å². The molecule has 4 aliphatic carbocycles. The summed E-state index contributed by atoms with van der Waals surface area (Å²) in [6.45, 7) is 4.94. The Kier molecular flexibility index (Phi) is 8.13. The third kappa shape index (κ3) is 5.52. The largest absolute Gasteiger partial charge is 0.412 e. The van der Waals surface area contributed by atoms with Crippen molar-refractivity contribution < 1.29 is 5.48 Å². The Labute approximate surface area is 169 Å². The molecule has 4 rings (SSSR count). The minimum atomic E-state index is 0. The second kappa shape index (κ2) is 10.1. The molecule has 0 saturated heterocycles. The molecular weight excluding hydrogens is 328 g/mol. The molecule has 0 spiro atoms. The lowest BCUT2D eigenvalue weighted by Gasteiger charge is -2.42. The monoisotopic (exact) mass is 376 g/mol. The van der Waals surface area contributed by atoms with Gasteiger partial charge in [0.05, 0.1) is 0 Å². The van der Waals surface area contributed by atoms with Gasteiger partial charge in [-0.05, 0) is 124 Å². The van der Waals surface area contributed by atoms with E-state index in [1.165, 1.54) is 25.7 Å². The summed E-state index contributed by atoms with van der Waals surface area (Å²) >= 11 is 0. The molecule has 0 heterocycles. The Balaban J connectivity index is 0.00000210. The fourth-order valence-electron chi connectivity index (χ4n) is 7.69. The molecule has 0 bridgehead atoms. The van der Waals surface area contributed by atoms with Crippen LogP contribution in [0.5, 0.6) is 0 Å². The Morgan fingerprint density at radius 2 is 0.444 bits per heavy atom. The molecule has 0 aliphatic heterocycles. The fourth-order valence-corrected chi connectivity index (χ4v) is 7.69. The summed E-state index contributed by atoms with van der Waals surface area (Å²) < 4.78 is 0. The van der Waals surface area contributed by atoms with Crippen molar-refractivity contribution in [2.24, 2.45) is 47.3 Å². The highest BCUT2D eigenvalue weighted by atomic mass is 16.0. The molecule has 0 aromatic heterocycles. The molecule has 0 atom stereocenters. The van der Waals surface area contributed by atoms with Crippen LogP contribution in [0.25, 0.3) is 0 Å². The molecule has 27 heavy (non-hydrogen) atoms. The SMILES string of the molecule is CC1CCC(C2CCC(C3CCC(C4CCC(C)CC4)CC3)CC2)CC1.O. The Morgan fingerprint density at radius 3 is 0.630 bits per heavy atom. The van der Waals surface area contributed by atoms with Crippen LogP contribution in [0.1, 0.15) is 117 Å². The maximum atomic E-state index is 2.47. The number of hydrogen-bond acceptors (Lipinski definition) is 0. The molecule has 1 nitrogen and oxygen atoms in total. The second-order valence-corrected chi connectivity index (χ2v) is 11.4. The van der Waals surface area contributed by atoms with Gasteiger partial charge in [0.1, 0.15) is 0 Å². The van der Waals surface area contributed by atoms with Crippen LogP contribution in [0.2, 0.25) is 0 Å².